The van der Waals surface area contributed by atoms with E-state index in [0.29, 0.717) is 59.7 Å². The van der Waals surface area contributed by atoms with Crippen molar-refractivity contribution in [3.05, 3.63) is 80.9 Å². The quantitative estimate of drug-likeness (QED) is 0.291. The average Bonchev–Trinajstić information content (AvgIpc) is 3.28. The summed E-state index contributed by atoms with van der Waals surface area (Å²) in [7, 11) is 0. The van der Waals surface area contributed by atoms with Crippen LogP contribution in [0.5, 0.6) is 0 Å². The van der Waals surface area contributed by atoms with E-state index in [1.807, 2.05) is 30.0 Å². The van der Waals surface area contributed by atoms with Gasteiger partial charge < -0.3 is 19.4 Å². The van der Waals surface area contributed by atoms with Gasteiger partial charge in [-0.05, 0) is 48.9 Å². The molecule has 35 heavy (non-hydrogen) atoms. The van der Waals surface area contributed by atoms with Gasteiger partial charge in [0.2, 0.25) is 5.89 Å². The topological polar surface area (TPSA) is 111 Å². The first kappa shape index (κ1) is 22.8. The van der Waals surface area contributed by atoms with Crippen LogP contribution in [0.3, 0.4) is 0 Å². The average molecular weight is 493 g/mol. The number of carbonyl (C=O) groups is 1. The predicted octanol–water partition coefficient (Wildman–Crippen LogP) is 5.45. The van der Waals surface area contributed by atoms with E-state index in [9.17, 15) is 14.9 Å². The molecule has 1 aliphatic rings. The Morgan fingerprint density at radius 1 is 1.11 bits per heavy atom. The van der Waals surface area contributed by atoms with Gasteiger partial charge in [-0.2, -0.15) is 0 Å². The maximum Gasteiger partial charge on any atom is 0.270 e. The van der Waals surface area contributed by atoms with Gasteiger partial charge in [0, 0.05) is 30.8 Å². The fourth-order valence-electron chi connectivity index (χ4n) is 4.00. The summed E-state index contributed by atoms with van der Waals surface area (Å²) >= 11 is 6.38. The Balaban J connectivity index is 1.48. The molecule has 0 spiro atoms. The molecule has 1 fully saturated rings. The molecular weight excluding hydrogens is 472 g/mol. The molecule has 1 saturated heterocycles. The number of aryl methyl sites for hydroxylation is 1. The Morgan fingerprint density at radius 2 is 1.91 bits per heavy atom. The molecule has 0 bridgehead atoms. The van der Waals surface area contributed by atoms with E-state index in [0.717, 1.165) is 11.1 Å². The van der Waals surface area contributed by atoms with Gasteiger partial charge in [-0.25, -0.2) is 4.98 Å². The summed E-state index contributed by atoms with van der Waals surface area (Å²) in [6, 6.07) is 15.1. The second-order valence-electron chi connectivity index (χ2n) is 8.20. The third-order valence-electron chi connectivity index (χ3n) is 5.79. The zero-order chi connectivity index (χ0) is 24.5. The number of nitro benzene ring substituents is 1. The molecule has 9 nitrogen and oxygen atoms in total. The minimum Gasteiger partial charge on any atom is -0.436 e. The molecule has 5 rings (SSSR count). The summed E-state index contributed by atoms with van der Waals surface area (Å²) in [6.45, 7) is 4.14. The Morgan fingerprint density at radius 3 is 2.69 bits per heavy atom. The van der Waals surface area contributed by atoms with Crippen molar-refractivity contribution in [3.63, 3.8) is 0 Å². The number of fused-ring (bicyclic) bond motifs is 1. The normalized spacial score (nSPS) is 13.7. The van der Waals surface area contributed by atoms with Crippen molar-refractivity contribution in [2.45, 2.75) is 6.92 Å². The molecule has 0 atom stereocenters. The van der Waals surface area contributed by atoms with Crippen LogP contribution in [0.1, 0.15) is 15.9 Å². The van der Waals surface area contributed by atoms with E-state index >= 15 is 0 Å². The number of benzene rings is 3. The number of halogens is 1. The Hall–Kier alpha value is -3.95. The molecule has 4 aromatic rings. The Kier molecular flexibility index (Phi) is 6.10. The van der Waals surface area contributed by atoms with Gasteiger partial charge in [0.05, 0.1) is 40.1 Å². The van der Waals surface area contributed by atoms with Crippen LogP contribution in [-0.4, -0.2) is 42.1 Å². The van der Waals surface area contributed by atoms with Crippen LogP contribution >= 0.6 is 11.6 Å². The zero-order valence-electron chi connectivity index (χ0n) is 18.8. The molecule has 0 unspecified atom stereocenters. The number of oxazole rings is 1. The molecule has 178 valence electrons. The molecule has 1 N–H and O–H groups in total. The van der Waals surface area contributed by atoms with Gasteiger partial charge in [-0.1, -0.05) is 17.7 Å². The second-order valence-corrected chi connectivity index (χ2v) is 8.60. The first-order valence-corrected chi connectivity index (χ1v) is 11.4. The fraction of sp³-hybridized carbons (Fsp3) is 0.200. The lowest BCUT2D eigenvalue weighted by atomic mass is 10.1. The first-order chi connectivity index (χ1) is 16.9. The highest BCUT2D eigenvalue weighted by molar-refractivity contribution is 6.34. The minimum absolute atomic E-state index is 0.172. The monoisotopic (exact) mass is 492 g/mol. The number of amides is 1. The summed E-state index contributed by atoms with van der Waals surface area (Å²) in [6.07, 6.45) is 0. The van der Waals surface area contributed by atoms with Crippen LogP contribution in [0.2, 0.25) is 5.02 Å². The lowest BCUT2D eigenvalue weighted by Crippen LogP contribution is -2.37. The van der Waals surface area contributed by atoms with Gasteiger partial charge in [0.15, 0.2) is 5.58 Å². The molecule has 1 aromatic heterocycles. The van der Waals surface area contributed by atoms with Crippen molar-refractivity contribution in [1.82, 2.24) is 4.98 Å². The van der Waals surface area contributed by atoms with Crippen LogP contribution in [0.15, 0.2) is 59.0 Å². The standard InChI is InChI=1S/C25H21ClN4O5/c1-15-2-7-23-21(12-15)28-25(35-23)16-3-5-19(26)20(13-16)27-24(31)18-14-17(30(32)33)4-6-22(18)29-8-10-34-11-9-29/h2-7,12-14H,8-11H2,1H3,(H,27,31). The molecule has 0 saturated carbocycles. The number of rotatable bonds is 5. The van der Waals surface area contributed by atoms with Crippen molar-refractivity contribution >= 4 is 45.7 Å². The smallest absolute Gasteiger partial charge is 0.270 e. The van der Waals surface area contributed by atoms with E-state index in [-0.39, 0.29) is 11.3 Å². The highest BCUT2D eigenvalue weighted by Crippen LogP contribution is 2.32. The van der Waals surface area contributed by atoms with E-state index in [1.165, 1.54) is 12.1 Å². The Bertz CT molecular complexity index is 1450. The number of hydrogen-bond donors (Lipinski definition) is 1. The first-order valence-electron chi connectivity index (χ1n) is 11.0. The molecule has 0 aliphatic carbocycles. The number of ether oxygens (including phenoxy) is 1. The van der Waals surface area contributed by atoms with Gasteiger partial charge in [-0.15, -0.1) is 0 Å². The number of nitrogens with zero attached hydrogens (tertiary/aromatic N) is 3. The summed E-state index contributed by atoms with van der Waals surface area (Å²) in [5, 5.41) is 14.5. The highest BCUT2D eigenvalue weighted by Gasteiger charge is 2.23. The van der Waals surface area contributed by atoms with Crippen LogP contribution in [-0.2, 0) is 4.74 Å². The maximum absolute atomic E-state index is 13.3. The zero-order valence-corrected chi connectivity index (χ0v) is 19.5. The highest BCUT2D eigenvalue weighted by atomic mass is 35.5. The van der Waals surface area contributed by atoms with Crippen molar-refractivity contribution in [3.8, 4) is 11.5 Å². The lowest BCUT2D eigenvalue weighted by molar-refractivity contribution is -0.384. The summed E-state index contributed by atoms with van der Waals surface area (Å²) in [5.41, 5.74) is 4.02. The number of carbonyl (C=O) groups excluding carboxylic acids is 1. The van der Waals surface area contributed by atoms with Crippen molar-refractivity contribution in [2.24, 2.45) is 0 Å². The largest absolute Gasteiger partial charge is 0.436 e. The van der Waals surface area contributed by atoms with Gasteiger partial charge >= 0.3 is 0 Å². The van der Waals surface area contributed by atoms with E-state index < -0.39 is 10.8 Å². The van der Waals surface area contributed by atoms with Crippen LogP contribution in [0.4, 0.5) is 17.1 Å². The molecular formula is C25H21ClN4O5. The number of non-ortho nitro benzene ring substituents is 1. The third kappa shape index (κ3) is 4.68. The third-order valence-corrected chi connectivity index (χ3v) is 6.12. The van der Waals surface area contributed by atoms with Gasteiger partial charge in [-0.3, -0.25) is 14.9 Å². The molecule has 0 radical (unpaired) electrons. The van der Waals surface area contributed by atoms with Gasteiger partial charge in [0.25, 0.3) is 11.6 Å². The molecule has 3 aromatic carbocycles. The minimum atomic E-state index is -0.525. The SMILES string of the molecule is Cc1ccc2oc(-c3ccc(Cl)c(NC(=O)c4cc([N+](=O)[O-])ccc4N4CCOCC4)c3)nc2c1. The van der Waals surface area contributed by atoms with E-state index in [2.05, 4.69) is 10.3 Å². The summed E-state index contributed by atoms with van der Waals surface area (Å²) < 4.78 is 11.3. The van der Waals surface area contributed by atoms with Gasteiger partial charge in [0.1, 0.15) is 5.52 Å². The molecule has 10 heteroatoms. The number of morpholine rings is 1. The maximum atomic E-state index is 13.3. The number of nitro groups is 1. The Labute approximate surface area is 205 Å². The number of anilines is 2. The van der Waals surface area contributed by atoms with Crippen molar-refractivity contribution < 1.29 is 18.9 Å². The predicted molar refractivity (Wildman–Crippen MR) is 133 cm³/mol. The van der Waals surface area contributed by atoms with Crippen LogP contribution in [0, 0.1) is 17.0 Å². The summed E-state index contributed by atoms with van der Waals surface area (Å²) in [4.78, 5) is 30.7. The molecule has 1 aliphatic heterocycles. The number of nitrogens with one attached hydrogen (secondary N) is 1. The number of aromatic nitrogens is 1. The van der Waals surface area contributed by atoms with Crippen LogP contribution in [0.25, 0.3) is 22.6 Å². The summed E-state index contributed by atoms with van der Waals surface area (Å²) in [5.74, 6) is -0.121. The fourth-order valence-corrected chi connectivity index (χ4v) is 4.17. The molecule has 2 heterocycles. The van der Waals surface area contributed by atoms with E-state index in [4.69, 9.17) is 20.8 Å². The van der Waals surface area contributed by atoms with Crippen molar-refractivity contribution in [2.75, 3.05) is 36.5 Å². The molecule has 1 amide bonds. The second kappa shape index (κ2) is 9.36. The lowest BCUT2D eigenvalue weighted by Gasteiger charge is -2.30. The van der Waals surface area contributed by atoms with Crippen LogP contribution < -0.4 is 10.2 Å². The van der Waals surface area contributed by atoms with E-state index in [1.54, 1.807) is 24.3 Å². The van der Waals surface area contributed by atoms with Crippen molar-refractivity contribution in [1.29, 1.82) is 0 Å². The number of hydrogen-bond acceptors (Lipinski definition) is 7.